The van der Waals surface area contributed by atoms with Crippen molar-refractivity contribution in [3.05, 3.63) is 29.6 Å². The van der Waals surface area contributed by atoms with Crippen LogP contribution in [0.2, 0.25) is 5.28 Å². The SMILES string of the molecule is CN(Cc1ccn(C)n1)C(=O)C12CC3CC(C1)CC(n1cnc(Cl)n1)(C3)C2. The standard InChI is InChI=1S/C19H25ClN6O/c1-24(10-15-3-4-25(2)22-15)16(27)18-6-13-5-14(7-18)9-19(8-13,11-18)26-12-21-17(20)23-26/h3-4,12-14H,5-11H2,1-2H3. The lowest BCUT2D eigenvalue weighted by Crippen LogP contribution is -2.61. The van der Waals surface area contributed by atoms with Crippen molar-refractivity contribution in [3.63, 3.8) is 0 Å². The van der Waals surface area contributed by atoms with Crippen molar-refractivity contribution in [2.75, 3.05) is 7.05 Å². The summed E-state index contributed by atoms with van der Waals surface area (Å²) in [5.41, 5.74) is 0.536. The van der Waals surface area contributed by atoms with Crippen LogP contribution in [0.4, 0.5) is 0 Å². The molecule has 0 saturated heterocycles. The Morgan fingerprint density at radius 2 is 2.04 bits per heavy atom. The van der Waals surface area contributed by atoms with Crippen LogP contribution in [0.5, 0.6) is 0 Å². The highest BCUT2D eigenvalue weighted by molar-refractivity contribution is 6.28. The van der Waals surface area contributed by atoms with Gasteiger partial charge in [-0.1, -0.05) is 0 Å². The summed E-state index contributed by atoms with van der Waals surface area (Å²) in [5.74, 6) is 1.43. The number of aromatic nitrogens is 5. The molecule has 2 unspecified atom stereocenters. The smallest absolute Gasteiger partial charge is 0.242 e. The zero-order valence-corrected chi connectivity index (χ0v) is 16.6. The van der Waals surface area contributed by atoms with E-state index in [1.807, 2.05) is 35.9 Å². The maximum absolute atomic E-state index is 13.6. The molecule has 4 bridgehead atoms. The summed E-state index contributed by atoms with van der Waals surface area (Å²) in [7, 11) is 3.81. The van der Waals surface area contributed by atoms with E-state index in [0.717, 1.165) is 37.8 Å². The van der Waals surface area contributed by atoms with Crippen LogP contribution in [-0.4, -0.2) is 42.4 Å². The normalized spacial score (nSPS) is 34.2. The molecular weight excluding hydrogens is 364 g/mol. The maximum atomic E-state index is 13.6. The Balaban J connectivity index is 1.44. The van der Waals surface area contributed by atoms with Crippen LogP contribution in [0.15, 0.2) is 18.6 Å². The fourth-order valence-electron chi connectivity index (χ4n) is 6.47. The lowest BCUT2D eigenvalue weighted by atomic mass is 9.46. The number of hydrogen-bond acceptors (Lipinski definition) is 4. The number of hydrogen-bond donors (Lipinski definition) is 0. The van der Waals surface area contributed by atoms with Crippen molar-refractivity contribution >= 4 is 17.5 Å². The maximum Gasteiger partial charge on any atom is 0.242 e. The van der Waals surface area contributed by atoms with Crippen LogP contribution >= 0.6 is 11.6 Å². The van der Waals surface area contributed by atoms with Crippen LogP contribution in [0.3, 0.4) is 0 Å². The van der Waals surface area contributed by atoms with Crippen molar-refractivity contribution in [2.24, 2.45) is 24.3 Å². The van der Waals surface area contributed by atoms with Gasteiger partial charge in [-0.05, 0) is 68.0 Å². The molecule has 0 N–H and O–H groups in total. The highest BCUT2D eigenvalue weighted by Gasteiger charge is 2.62. The van der Waals surface area contributed by atoms with Crippen molar-refractivity contribution in [1.82, 2.24) is 29.4 Å². The van der Waals surface area contributed by atoms with Gasteiger partial charge in [-0.15, -0.1) is 5.10 Å². The molecular formula is C19H25ClN6O. The van der Waals surface area contributed by atoms with Gasteiger partial charge in [0.05, 0.1) is 23.2 Å². The minimum Gasteiger partial charge on any atom is -0.339 e. The zero-order valence-electron chi connectivity index (χ0n) is 15.8. The number of aryl methyl sites for hydroxylation is 1. The van der Waals surface area contributed by atoms with E-state index < -0.39 is 0 Å². The van der Waals surface area contributed by atoms with Crippen LogP contribution < -0.4 is 0 Å². The molecule has 1 amide bonds. The molecule has 4 aliphatic rings. The van der Waals surface area contributed by atoms with Crippen LogP contribution in [-0.2, 0) is 23.9 Å². The van der Waals surface area contributed by atoms with Gasteiger partial charge >= 0.3 is 0 Å². The summed E-state index contributed by atoms with van der Waals surface area (Å²) in [4.78, 5) is 19.6. The largest absolute Gasteiger partial charge is 0.339 e. The van der Waals surface area contributed by atoms with E-state index in [1.165, 1.54) is 6.42 Å². The zero-order chi connectivity index (χ0) is 18.8. The second-order valence-electron chi connectivity index (χ2n) is 9.07. The van der Waals surface area contributed by atoms with Crippen LogP contribution in [0.25, 0.3) is 0 Å². The van der Waals surface area contributed by atoms with E-state index in [0.29, 0.717) is 23.7 Å². The quantitative estimate of drug-likeness (QED) is 0.807. The molecule has 7 nitrogen and oxygen atoms in total. The number of carbonyl (C=O) groups excluding carboxylic acids is 1. The van der Waals surface area contributed by atoms with Gasteiger partial charge in [0, 0.05) is 20.3 Å². The molecule has 0 aromatic carbocycles. The molecule has 4 saturated carbocycles. The first-order chi connectivity index (χ1) is 12.9. The minimum absolute atomic E-state index is 0.105. The molecule has 2 atom stereocenters. The topological polar surface area (TPSA) is 68.8 Å². The Labute approximate surface area is 163 Å². The molecule has 6 rings (SSSR count). The van der Waals surface area contributed by atoms with Crippen molar-refractivity contribution in [1.29, 1.82) is 0 Å². The molecule has 144 valence electrons. The summed E-state index contributed by atoms with van der Waals surface area (Å²) < 4.78 is 3.75. The lowest BCUT2D eigenvalue weighted by Gasteiger charge is -2.61. The van der Waals surface area contributed by atoms with E-state index in [4.69, 9.17) is 11.6 Å². The number of halogens is 1. The van der Waals surface area contributed by atoms with Gasteiger partial charge in [0.2, 0.25) is 11.2 Å². The van der Waals surface area contributed by atoms with Gasteiger partial charge < -0.3 is 4.90 Å². The first kappa shape index (κ1) is 17.2. The van der Waals surface area contributed by atoms with Gasteiger partial charge in [-0.3, -0.25) is 9.48 Å². The first-order valence-corrected chi connectivity index (χ1v) is 10.1. The Morgan fingerprint density at radius 1 is 1.30 bits per heavy atom. The number of nitrogens with zero attached hydrogens (tertiary/aromatic N) is 6. The van der Waals surface area contributed by atoms with Gasteiger partial charge in [0.1, 0.15) is 6.33 Å². The van der Waals surface area contributed by atoms with Crippen molar-refractivity contribution < 1.29 is 4.79 Å². The average molecular weight is 389 g/mol. The second kappa shape index (κ2) is 5.80. The third kappa shape index (κ3) is 2.70. The van der Waals surface area contributed by atoms with Gasteiger partial charge in [-0.2, -0.15) is 5.10 Å². The Kier molecular flexibility index (Phi) is 3.70. The first-order valence-electron chi connectivity index (χ1n) is 9.69. The third-order valence-corrected chi connectivity index (χ3v) is 7.12. The number of carbonyl (C=O) groups is 1. The molecule has 2 aromatic heterocycles. The van der Waals surface area contributed by atoms with Gasteiger partial charge in [0.15, 0.2) is 0 Å². The van der Waals surface area contributed by atoms with E-state index in [1.54, 1.807) is 11.0 Å². The van der Waals surface area contributed by atoms with Crippen LogP contribution in [0, 0.1) is 17.3 Å². The van der Waals surface area contributed by atoms with E-state index in [-0.39, 0.29) is 16.9 Å². The molecule has 0 radical (unpaired) electrons. The van der Waals surface area contributed by atoms with E-state index in [2.05, 4.69) is 15.2 Å². The molecule has 0 spiro atoms. The van der Waals surface area contributed by atoms with E-state index >= 15 is 0 Å². The highest BCUT2D eigenvalue weighted by Crippen LogP contribution is 2.64. The third-order valence-electron chi connectivity index (χ3n) is 6.95. The fraction of sp³-hybridized carbons (Fsp3) is 0.684. The molecule has 8 heteroatoms. The van der Waals surface area contributed by atoms with Crippen molar-refractivity contribution in [3.8, 4) is 0 Å². The molecule has 4 aliphatic carbocycles. The predicted molar refractivity (Wildman–Crippen MR) is 99.8 cm³/mol. The minimum atomic E-state index is -0.286. The molecule has 27 heavy (non-hydrogen) atoms. The monoisotopic (exact) mass is 388 g/mol. The second-order valence-corrected chi connectivity index (χ2v) is 9.40. The molecule has 0 aliphatic heterocycles. The average Bonchev–Trinajstić information content (AvgIpc) is 3.21. The van der Waals surface area contributed by atoms with Gasteiger partial charge in [-0.25, -0.2) is 9.67 Å². The number of rotatable bonds is 4. The summed E-state index contributed by atoms with van der Waals surface area (Å²) in [6, 6.07) is 1.97. The summed E-state index contributed by atoms with van der Waals surface area (Å²) >= 11 is 6.01. The highest BCUT2D eigenvalue weighted by atomic mass is 35.5. The number of amides is 1. The summed E-state index contributed by atoms with van der Waals surface area (Å²) in [6.07, 6.45) is 9.93. The molecule has 2 aromatic rings. The Morgan fingerprint density at radius 3 is 2.63 bits per heavy atom. The summed E-state index contributed by atoms with van der Waals surface area (Å²) in [6.45, 7) is 0.554. The predicted octanol–water partition coefficient (Wildman–Crippen LogP) is 2.62. The van der Waals surface area contributed by atoms with Gasteiger partial charge in [0.25, 0.3) is 0 Å². The Hall–Kier alpha value is -1.89. The molecule has 2 heterocycles. The van der Waals surface area contributed by atoms with Crippen molar-refractivity contribution in [2.45, 2.75) is 50.6 Å². The van der Waals surface area contributed by atoms with Crippen LogP contribution in [0.1, 0.15) is 44.2 Å². The Bertz CT molecular complexity index is 874. The summed E-state index contributed by atoms with van der Waals surface area (Å²) in [5, 5.41) is 9.16. The molecule has 4 fully saturated rings. The van der Waals surface area contributed by atoms with E-state index in [9.17, 15) is 4.79 Å². The fourth-order valence-corrected chi connectivity index (χ4v) is 6.60. The lowest BCUT2D eigenvalue weighted by molar-refractivity contribution is -0.166.